The van der Waals surface area contributed by atoms with Crippen LogP contribution in [0.5, 0.6) is 0 Å². The van der Waals surface area contributed by atoms with Crippen molar-refractivity contribution in [2.45, 2.75) is 13.8 Å². The number of amides is 1. The number of pyridine rings is 1. The number of carbonyl (C=O) groups excluding carboxylic acids is 1. The van der Waals surface area contributed by atoms with Gasteiger partial charge in [0.25, 0.3) is 0 Å². The number of hydrogen-bond donors (Lipinski definition) is 2. The first-order chi connectivity index (χ1) is 10.9. The van der Waals surface area contributed by atoms with Crippen LogP contribution in [-0.4, -0.2) is 17.4 Å². The van der Waals surface area contributed by atoms with E-state index < -0.39 is 17.5 Å². The zero-order valence-electron chi connectivity index (χ0n) is 12.6. The Morgan fingerprint density at radius 1 is 1.26 bits per heavy atom. The first kappa shape index (κ1) is 16.4. The number of nitrogens with zero attached hydrogens (tertiary/aromatic N) is 2. The molecule has 0 atom stereocenters. The third-order valence-corrected chi connectivity index (χ3v) is 3.08. The fourth-order valence-corrected chi connectivity index (χ4v) is 2.05. The lowest BCUT2D eigenvalue weighted by Gasteiger charge is -2.10. The number of benzene rings is 1. The second-order valence-corrected chi connectivity index (χ2v) is 4.95. The average Bonchev–Trinajstić information content (AvgIpc) is 2.48. The molecule has 118 valence electrons. The third-order valence-electron chi connectivity index (χ3n) is 3.08. The number of aromatic nitrogens is 1. The van der Waals surface area contributed by atoms with E-state index in [0.717, 1.165) is 17.7 Å². The molecule has 0 radical (unpaired) electrons. The van der Waals surface area contributed by atoms with Crippen molar-refractivity contribution >= 4 is 17.4 Å². The summed E-state index contributed by atoms with van der Waals surface area (Å²) < 4.78 is 25.9. The van der Waals surface area contributed by atoms with Crippen LogP contribution in [0.25, 0.3) is 0 Å². The second kappa shape index (κ2) is 6.83. The van der Waals surface area contributed by atoms with Gasteiger partial charge in [0, 0.05) is 17.4 Å². The summed E-state index contributed by atoms with van der Waals surface area (Å²) in [6, 6.07) is 6.88. The summed E-state index contributed by atoms with van der Waals surface area (Å²) in [5.41, 5.74) is 1.97. The van der Waals surface area contributed by atoms with Gasteiger partial charge in [-0.25, -0.2) is 13.8 Å². The van der Waals surface area contributed by atoms with Gasteiger partial charge in [0.05, 0.1) is 12.1 Å². The number of carbonyl (C=O) groups is 1. The molecule has 0 saturated heterocycles. The highest BCUT2D eigenvalue weighted by molar-refractivity contribution is 5.93. The number of nitriles is 1. The highest BCUT2D eigenvalue weighted by Gasteiger charge is 2.11. The van der Waals surface area contributed by atoms with Gasteiger partial charge in [-0.15, -0.1) is 0 Å². The van der Waals surface area contributed by atoms with Gasteiger partial charge < -0.3 is 10.6 Å². The molecule has 1 aromatic carbocycles. The van der Waals surface area contributed by atoms with Crippen molar-refractivity contribution in [3.8, 4) is 6.07 Å². The van der Waals surface area contributed by atoms with E-state index in [-0.39, 0.29) is 12.2 Å². The van der Waals surface area contributed by atoms with Crippen LogP contribution in [-0.2, 0) is 4.79 Å². The fraction of sp³-hybridized carbons (Fsp3) is 0.188. The second-order valence-electron chi connectivity index (χ2n) is 4.95. The molecule has 0 saturated carbocycles. The molecule has 0 unspecified atom stereocenters. The van der Waals surface area contributed by atoms with Crippen LogP contribution in [0.3, 0.4) is 0 Å². The van der Waals surface area contributed by atoms with Crippen LogP contribution in [0.1, 0.15) is 16.8 Å². The maximum atomic E-state index is 13.1. The molecule has 1 aromatic heterocycles. The Morgan fingerprint density at radius 2 is 2.00 bits per heavy atom. The summed E-state index contributed by atoms with van der Waals surface area (Å²) in [5.74, 6) is -2.19. The summed E-state index contributed by atoms with van der Waals surface area (Å²) in [5, 5.41) is 14.3. The molecule has 0 bridgehead atoms. The molecule has 23 heavy (non-hydrogen) atoms. The molecule has 0 aliphatic heterocycles. The minimum absolute atomic E-state index is 0.143. The Balaban J connectivity index is 2.05. The molecule has 2 rings (SSSR count). The van der Waals surface area contributed by atoms with Gasteiger partial charge in [-0.3, -0.25) is 4.79 Å². The summed E-state index contributed by atoms with van der Waals surface area (Å²) in [6.45, 7) is 3.39. The Kier molecular flexibility index (Phi) is 4.86. The topological polar surface area (TPSA) is 77.8 Å². The number of anilines is 2. The van der Waals surface area contributed by atoms with Crippen LogP contribution in [0.2, 0.25) is 0 Å². The van der Waals surface area contributed by atoms with E-state index in [1.54, 1.807) is 19.9 Å². The Morgan fingerprint density at radius 3 is 2.65 bits per heavy atom. The maximum Gasteiger partial charge on any atom is 0.243 e. The smallest absolute Gasteiger partial charge is 0.243 e. The average molecular weight is 316 g/mol. The highest BCUT2D eigenvalue weighted by Crippen LogP contribution is 2.17. The van der Waals surface area contributed by atoms with Gasteiger partial charge in [0.1, 0.15) is 11.9 Å². The molecule has 0 aliphatic rings. The van der Waals surface area contributed by atoms with E-state index >= 15 is 0 Å². The monoisotopic (exact) mass is 316 g/mol. The Bertz CT molecular complexity index is 799. The quantitative estimate of drug-likeness (QED) is 0.909. The number of rotatable bonds is 4. The summed E-state index contributed by atoms with van der Waals surface area (Å²) >= 11 is 0. The van der Waals surface area contributed by atoms with E-state index in [4.69, 9.17) is 5.26 Å². The van der Waals surface area contributed by atoms with Crippen LogP contribution in [0.4, 0.5) is 20.3 Å². The Labute approximate surface area is 132 Å². The van der Waals surface area contributed by atoms with Gasteiger partial charge in [0.15, 0.2) is 11.6 Å². The molecule has 5 nitrogen and oxygen atoms in total. The van der Waals surface area contributed by atoms with Crippen molar-refractivity contribution in [3.63, 3.8) is 0 Å². The van der Waals surface area contributed by atoms with Crippen molar-refractivity contribution in [1.82, 2.24) is 4.98 Å². The largest absolute Gasteiger partial charge is 0.360 e. The highest BCUT2D eigenvalue weighted by atomic mass is 19.2. The number of nitrogens with one attached hydrogen (secondary N) is 2. The summed E-state index contributed by atoms with van der Waals surface area (Å²) in [6.07, 6.45) is 0. The molecular formula is C16H14F2N4O. The molecular weight excluding hydrogens is 302 g/mol. The van der Waals surface area contributed by atoms with Crippen LogP contribution in [0, 0.1) is 36.8 Å². The lowest BCUT2D eigenvalue weighted by atomic mass is 10.1. The van der Waals surface area contributed by atoms with E-state index in [0.29, 0.717) is 17.1 Å². The van der Waals surface area contributed by atoms with E-state index in [1.165, 1.54) is 6.07 Å². The lowest BCUT2D eigenvalue weighted by molar-refractivity contribution is -0.114. The Hall–Kier alpha value is -3.01. The molecule has 0 fully saturated rings. The zero-order valence-corrected chi connectivity index (χ0v) is 12.6. The third kappa shape index (κ3) is 4.01. The number of halogens is 2. The first-order valence-electron chi connectivity index (χ1n) is 6.78. The maximum absolute atomic E-state index is 13.1. The predicted octanol–water partition coefficient (Wildman–Crippen LogP) is 2.90. The predicted molar refractivity (Wildman–Crippen MR) is 81.9 cm³/mol. The van der Waals surface area contributed by atoms with E-state index in [9.17, 15) is 13.6 Å². The minimum atomic E-state index is -1.04. The first-order valence-corrected chi connectivity index (χ1v) is 6.78. The number of hydrogen-bond acceptors (Lipinski definition) is 4. The summed E-state index contributed by atoms with van der Waals surface area (Å²) in [7, 11) is 0. The lowest BCUT2D eigenvalue weighted by Crippen LogP contribution is -2.23. The zero-order chi connectivity index (χ0) is 17.0. The van der Waals surface area contributed by atoms with Gasteiger partial charge in [-0.05, 0) is 37.6 Å². The van der Waals surface area contributed by atoms with Crippen molar-refractivity contribution in [2.24, 2.45) is 0 Å². The van der Waals surface area contributed by atoms with Gasteiger partial charge in [0.2, 0.25) is 5.91 Å². The van der Waals surface area contributed by atoms with Gasteiger partial charge in [-0.2, -0.15) is 5.26 Å². The van der Waals surface area contributed by atoms with Crippen LogP contribution in [0.15, 0.2) is 24.3 Å². The fourth-order valence-electron chi connectivity index (χ4n) is 2.05. The molecule has 1 heterocycles. The standard InChI is InChI=1S/C16H14F2N4O/c1-9-5-10(2)21-16(12(9)7-19)20-8-15(23)22-11-3-4-13(17)14(18)6-11/h3-6H,8H2,1-2H3,(H,20,21)(H,22,23). The molecule has 7 heteroatoms. The van der Waals surface area contributed by atoms with Crippen molar-refractivity contribution in [3.05, 3.63) is 52.7 Å². The van der Waals surface area contributed by atoms with Crippen LogP contribution < -0.4 is 10.6 Å². The molecule has 2 N–H and O–H groups in total. The van der Waals surface area contributed by atoms with Gasteiger partial charge in [-0.1, -0.05) is 0 Å². The van der Waals surface area contributed by atoms with E-state index in [1.807, 2.05) is 6.07 Å². The summed E-state index contributed by atoms with van der Waals surface area (Å²) in [4.78, 5) is 16.0. The van der Waals surface area contributed by atoms with Crippen molar-refractivity contribution in [2.75, 3.05) is 17.2 Å². The van der Waals surface area contributed by atoms with Gasteiger partial charge >= 0.3 is 0 Å². The molecule has 0 aliphatic carbocycles. The van der Waals surface area contributed by atoms with Crippen LogP contribution >= 0.6 is 0 Å². The SMILES string of the molecule is Cc1cc(C)c(C#N)c(NCC(=O)Nc2ccc(F)c(F)c2)n1. The molecule has 0 spiro atoms. The van der Waals surface area contributed by atoms with E-state index in [2.05, 4.69) is 15.6 Å². The van der Waals surface area contributed by atoms with Crippen molar-refractivity contribution < 1.29 is 13.6 Å². The van der Waals surface area contributed by atoms with Crippen molar-refractivity contribution in [1.29, 1.82) is 5.26 Å². The molecule has 2 aromatic rings. The minimum Gasteiger partial charge on any atom is -0.360 e. The normalized spacial score (nSPS) is 10.0. The molecule has 1 amide bonds. The number of aryl methyl sites for hydroxylation is 2.